The van der Waals surface area contributed by atoms with Gasteiger partial charge in [0.25, 0.3) is 0 Å². The van der Waals surface area contributed by atoms with Crippen LogP contribution in [0.4, 0.5) is 0 Å². The fraction of sp³-hybridized carbons (Fsp3) is 0.462. The van der Waals surface area contributed by atoms with Crippen molar-refractivity contribution < 1.29 is 22.2 Å². The van der Waals surface area contributed by atoms with Gasteiger partial charge in [0, 0.05) is 28.3 Å². The molecule has 1 N–H and O–H groups in total. The Bertz CT molecular complexity index is 646. The molecule has 0 unspecified atom stereocenters. The normalized spacial score (nSPS) is 22.7. The third kappa shape index (κ3) is 3.90. The van der Waals surface area contributed by atoms with Gasteiger partial charge in [-0.3, -0.25) is 4.21 Å². The van der Waals surface area contributed by atoms with Gasteiger partial charge in [0.15, 0.2) is 0 Å². The van der Waals surface area contributed by atoms with Crippen LogP contribution in [0.2, 0.25) is 0 Å². The summed E-state index contributed by atoms with van der Waals surface area (Å²) in [6.07, 6.45) is 1.07. The van der Waals surface area contributed by atoms with Crippen molar-refractivity contribution in [3.8, 4) is 0 Å². The number of benzene rings is 1. The van der Waals surface area contributed by atoms with E-state index >= 15 is 0 Å². The van der Waals surface area contributed by atoms with E-state index in [9.17, 15) is 17.4 Å². The summed E-state index contributed by atoms with van der Waals surface area (Å²) in [5.41, 5.74) is 0.00638. The zero-order valence-corrected chi connectivity index (χ0v) is 13.2. The predicted octanol–water partition coefficient (Wildman–Crippen LogP) is 0.663. The maximum atomic E-state index is 12.4. The zero-order chi connectivity index (χ0) is 15.5. The van der Waals surface area contributed by atoms with Gasteiger partial charge in [0.1, 0.15) is 0 Å². The van der Waals surface area contributed by atoms with Crippen LogP contribution >= 0.6 is 0 Å². The van der Waals surface area contributed by atoms with Gasteiger partial charge in [-0.05, 0) is 25.0 Å². The fourth-order valence-corrected chi connectivity index (χ4v) is 4.97. The summed E-state index contributed by atoms with van der Waals surface area (Å²) in [5.74, 6) is 0.290. The van der Waals surface area contributed by atoms with Crippen LogP contribution in [-0.4, -0.2) is 43.3 Å². The molecule has 1 aliphatic rings. The lowest BCUT2D eigenvalue weighted by Crippen LogP contribution is -2.40. The summed E-state index contributed by atoms with van der Waals surface area (Å²) in [6, 6.07) is 5.66. The highest BCUT2D eigenvalue weighted by atomic mass is 32.2. The van der Waals surface area contributed by atoms with Crippen LogP contribution in [0.5, 0.6) is 0 Å². The van der Waals surface area contributed by atoms with Gasteiger partial charge in [0.05, 0.1) is 17.6 Å². The van der Waals surface area contributed by atoms with Crippen LogP contribution in [0, 0.1) is 0 Å². The first-order valence-corrected chi connectivity index (χ1v) is 9.46. The number of hydrogen-bond donors (Lipinski definition) is 1. The number of sulfonamides is 1. The highest BCUT2D eigenvalue weighted by Crippen LogP contribution is 2.19. The molecule has 116 valence electrons. The Balaban J connectivity index is 2.24. The second-order valence-corrected chi connectivity index (χ2v) is 8.11. The molecular weight excluding hydrogens is 314 g/mol. The minimum atomic E-state index is -3.81. The van der Waals surface area contributed by atoms with Gasteiger partial charge in [-0.1, -0.05) is 12.1 Å². The summed E-state index contributed by atoms with van der Waals surface area (Å²) in [7, 11) is -3.46. The average molecular weight is 331 g/mol. The summed E-state index contributed by atoms with van der Waals surface area (Å²) in [5, 5.41) is 0. The van der Waals surface area contributed by atoms with Crippen LogP contribution < -0.4 is 4.72 Å². The topological polar surface area (TPSA) is 89.5 Å². The quantitative estimate of drug-likeness (QED) is 0.819. The van der Waals surface area contributed by atoms with E-state index < -0.39 is 26.8 Å². The Hall–Kier alpha value is -1.25. The Kier molecular flexibility index (Phi) is 5.13. The summed E-state index contributed by atoms with van der Waals surface area (Å²) in [6.45, 7) is 0. The lowest BCUT2D eigenvalue weighted by atomic mass is 10.2. The molecule has 0 spiro atoms. The monoisotopic (exact) mass is 331 g/mol. The number of hydrogen-bond acceptors (Lipinski definition) is 5. The number of rotatable bonds is 4. The maximum absolute atomic E-state index is 12.4. The van der Waals surface area contributed by atoms with Crippen molar-refractivity contribution in [3.05, 3.63) is 29.8 Å². The molecule has 1 saturated heterocycles. The molecule has 1 fully saturated rings. The minimum Gasteiger partial charge on any atom is -0.465 e. The lowest BCUT2D eigenvalue weighted by Gasteiger charge is -2.22. The maximum Gasteiger partial charge on any atom is 0.339 e. The number of esters is 1. The second kappa shape index (κ2) is 6.67. The number of ether oxygens (including phenoxy) is 1. The van der Waals surface area contributed by atoms with Gasteiger partial charge >= 0.3 is 5.97 Å². The molecular formula is C13H17NO5S2. The van der Waals surface area contributed by atoms with Crippen LogP contribution in [0.25, 0.3) is 0 Å². The Morgan fingerprint density at radius 2 is 1.90 bits per heavy atom. The molecule has 0 saturated carbocycles. The molecule has 1 heterocycles. The Morgan fingerprint density at radius 1 is 1.29 bits per heavy atom. The van der Waals surface area contributed by atoms with Crippen molar-refractivity contribution in [2.45, 2.75) is 23.8 Å². The van der Waals surface area contributed by atoms with Crippen LogP contribution in [0.3, 0.4) is 0 Å². The van der Waals surface area contributed by atoms with Crippen molar-refractivity contribution >= 4 is 26.8 Å². The molecule has 2 rings (SSSR count). The van der Waals surface area contributed by atoms with E-state index in [0.717, 1.165) is 0 Å². The van der Waals surface area contributed by atoms with Crippen molar-refractivity contribution in [1.29, 1.82) is 0 Å². The van der Waals surface area contributed by atoms with Gasteiger partial charge < -0.3 is 4.74 Å². The number of methoxy groups -OCH3 is 1. The van der Waals surface area contributed by atoms with Crippen LogP contribution in [0.1, 0.15) is 23.2 Å². The summed E-state index contributed by atoms with van der Waals surface area (Å²) < 4.78 is 43.3. The first-order valence-electron chi connectivity index (χ1n) is 6.48. The molecule has 0 aromatic heterocycles. The first kappa shape index (κ1) is 16.1. The number of carbonyl (C=O) groups excluding carboxylic acids is 1. The molecule has 21 heavy (non-hydrogen) atoms. The molecule has 0 bridgehead atoms. The van der Waals surface area contributed by atoms with Crippen LogP contribution in [-0.2, 0) is 25.6 Å². The number of carbonyl (C=O) groups is 1. The van der Waals surface area contributed by atoms with Crippen LogP contribution in [0.15, 0.2) is 29.2 Å². The smallest absolute Gasteiger partial charge is 0.339 e. The molecule has 1 aliphatic heterocycles. The molecule has 1 aromatic rings. The van der Waals surface area contributed by atoms with Crippen molar-refractivity contribution in [2.75, 3.05) is 18.6 Å². The SMILES string of the molecule is COC(=O)c1ccccc1S(=O)(=O)NC1CCS(=O)CC1. The highest BCUT2D eigenvalue weighted by molar-refractivity contribution is 7.89. The van der Waals surface area contributed by atoms with E-state index in [2.05, 4.69) is 9.46 Å². The largest absolute Gasteiger partial charge is 0.465 e. The van der Waals surface area contributed by atoms with Crippen molar-refractivity contribution in [2.24, 2.45) is 0 Å². The molecule has 8 heteroatoms. The Morgan fingerprint density at radius 3 is 2.52 bits per heavy atom. The predicted molar refractivity (Wildman–Crippen MR) is 79.0 cm³/mol. The third-order valence-corrected chi connectivity index (χ3v) is 6.25. The minimum absolute atomic E-state index is 0.00638. The zero-order valence-electron chi connectivity index (χ0n) is 11.6. The molecule has 0 atom stereocenters. The van der Waals surface area contributed by atoms with E-state index in [1.807, 2.05) is 0 Å². The molecule has 1 aromatic carbocycles. The highest BCUT2D eigenvalue weighted by Gasteiger charge is 2.27. The van der Waals surface area contributed by atoms with E-state index in [1.165, 1.54) is 19.2 Å². The third-order valence-electron chi connectivity index (χ3n) is 3.29. The van der Waals surface area contributed by atoms with Gasteiger partial charge in [-0.15, -0.1) is 0 Å². The summed E-state index contributed by atoms with van der Waals surface area (Å²) in [4.78, 5) is 11.6. The van der Waals surface area contributed by atoms with E-state index in [0.29, 0.717) is 24.3 Å². The lowest BCUT2D eigenvalue weighted by molar-refractivity contribution is 0.0596. The van der Waals surface area contributed by atoms with E-state index in [1.54, 1.807) is 12.1 Å². The molecule has 0 aliphatic carbocycles. The molecule has 0 radical (unpaired) electrons. The van der Waals surface area contributed by atoms with E-state index in [4.69, 9.17) is 0 Å². The van der Waals surface area contributed by atoms with Gasteiger partial charge in [-0.25, -0.2) is 17.9 Å². The van der Waals surface area contributed by atoms with Crippen molar-refractivity contribution in [1.82, 2.24) is 4.72 Å². The van der Waals surface area contributed by atoms with Crippen molar-refractivity contribution in [3.63, 3.8) is 0 Å². The first-order chi connectivity index (χ1) is 9.94. The Labute approximate surface area is 126 Å². The second-order valence-electron chi connectivity index (χ2n) is 4.73. The number of nitrogens with one attached hydrogen (secondary N) is 1. The standard InChI is InChI=1S/C13H17NO5S2/c1-19-13(15)11-4-2-3-5-12(11)21(17,18)14-10-6-8-20(16)9-7-10/h2-5,10,14H,6-9H2,1H3. The fourth-order valence-electron chi connectivity index (χ4n) is 2.17. The average Bonchev–Trinajstić information content (AvgIpc) is 2.48. The van der Waals surface area contributed by atoms with E-state index in [-0.39, 0.29) is 16.5 Å². The molecule has 0 amide bonds. The van der Waals surface area contributed by atoms with Gasteiger partial charge in [0.2, 0.25) is 10.0 Å². The molecule has 6 nitrogen and oxygen atoms in total. The van der Waals surface area contributed by atoms with Gasteiger partial charge in [-0.2, -0.15) is 0 Å². The summed E-state index contributed by atoms with van der Waals surface area (Å²) >= 11 is 0.